The van der Waals surface area contributed by atoms with E-state index in [0.29, 0.717) is 31.1 Å². The zero-order valence-corrected chi connectivity index (χ0v) is 12.0. The minimum Gasteiger partial charge on any atom is -0.467 e. The summed E-state index contributed by atoms with van der Waals surface area (Å²) in [5, 5.41) is 5.93. The van der Waals surface area contributed by atoms with Gasteiger partial charge < -0.3 is 19.8 Å². The minimum atomic E-state index is -0.129. The van der Waals surface area contributed by atoms with Crippen LogP contribution in [0, 0.1) is 0 Å². The van der Waals surface area contributed by atoms with Gasteiger partial charge in [0.25, 0.3) is 5.91 Å². The SMILES string of the molecule is COCCCNC(=O)c1ccc(NCc2ccco2)nc1. The van der Waals surface area contributed by atoms with E-state index in [9.17, 15) is 4.79 Å². The minimum absolute atomic E-state index is 0.129. The van der Waals surface area contributed by atoms with Gasteiger partial charge in [-0.3, -0.25) is 4.79 Å². The number of furan rings is 1. The van der Waals surface area contributed by atoms with Gasteiger partial charge in [0.2, 0.25) is 0 Å². The molecular weight excluding hydrogens is 270 g/mol. The van der Waals surface area contributed by atoms with Gasteiger partial charge in [-0.05, 0) is 30.7 Å². The number of nitrogens with one attached hydrogen (secondary N) is 2. The fourth-order valence-electron chi connectivity index (χ4n) is 1.74. The molecule has 0 bridgehead atoms. The lowest BCUT2D eigenvalue weighted by atomic mass is 10.2. The second-order valence-electron chi connectivity index (χ2n) is 4.47. The zero-order valence-electron chi connectivity index (χ0n) is 12.0. The standard InChI is InChI=1S/C15H19N3O3/c1-20-8-3-7-16-15(19)12-5-6-14(17-10-12)18-11-13-4-2-9-21-13/h2,4-6,9-10H,3,7-8,11H2,1H3,(H,16,19)(H,17,18). The smallest absolute Gasteiger partial charge is 0.252 e. The number of nitrogens with zero attached hydrogens (tertiary/aromatic N) is 1. The van der Waals surface area contributed by atoms with Crippen molar-refractivity contribution >= 4 is 11.7 Å². The topological polar surface area (TPSA) is 76.4 Å². The summed E-state index contributed by atoms with van der Waals surface area (Å²) in [7, 11) is 1.64. The predicted molar refractivity (Wildman–Crippen MR) is 79.1 cm³/mol. The van der Waals surface area contributed by atoms with Crippen molar-refractivity contribution in [1.29, 1.82) is 0 Å². The van der Waals surface area contributed by atoms with Crippen LogP contribution in [0.2, 0.25) is 0 Å². The Kier molecular flexibility index (Phi) is 5.78. The summed E-state index contributed by atoms with van der Waals surface area (Å²) >= 11 is 0. The van der Waals surface area contributed by atoms with Crippen LogP contribution >= 0.6 is 0 Å². The summed E-state index contributed by atoms with van der Waals surface area (Å²) < 4.78 is 10.1. The van der Waals surface area contributed by atoms with Crippen LogP contribution in [0.5, 0.6) is 0 Å². The Morgan fingerprint density at radius 2 is 2.29 bits per heavy atom. The molecule has 0 atom stereocenters. The molecule has 6 heteroatoms. The number of hydrogen-bond donors (Lipinski definition) is 2. The van der Waals surface area contributed by atoms with Gasteiger partial charge in [-0.1, -0.05) is 0 Å². The van der Waals surface area contributed by atoms with Crippen LogP contribution < -0.4 is 10.6 Å². The number of methoxy groups -OCH3 is 1. The first-order valence-corrected chi connectivity index (χ1v) is 6.79. The molecule has 0 unspecified atom stereocenters. The molecule has 0 aliphatic heterocycles. The van der Waals surface area contributed by atoms with Crippen molar-refractivity contribution in [1.82, 2.24) is 10.3 Å². The van der Waals surface area contributed by atoms with Crippen molar-refractivity contribution in [2.24, 2.45) is 0 Å². The number of rotatable bonds is 8. The molecule has 1 amide bonds. The summed E-state index contributed by atoms with van der Waals surface area (Å²) in [4.78, 5) is 16.0. The van der Waals surface area contributed by atoms with E-state index in [1.54, 1.807) is 31.7 Å². The average molecular weight is 289 g/mol. The molecule has 2 N–H and O–H groups in total. The molecule has 21 heavy (non-hydrogen) atoms. The fourth-order valence-corrected chi connectivity index (χ4v) is 1.74. The Bertz CT molecular complexity index is 538. The highest BCUT2D eigenvalue weighted by molar-refractivity contribution is 5.93. The Balaban J connectivity index is 1.79. The largest absolute Gasteiger partial charge is 0.467 e. The lowest BCUT2D eigenvalue weighted by Gasteiger charge is -2.06. The summed E-state index contributed by atoms with van der Waals surface area (Å²) in [5.41, 5.74) is 0.538. The molecule has 0 aliphatic carbocycles. The summed E-state index contributed by atoms with van der Waals surface area (Å²) in [5.74, 6) is 1.40. The van der Waals surface area contributed by atoms with E-state index in [0.717, 1.165) is 12.2 Å². The predicted octanol–water partition coefficient (Wildman–Crippen LogP) is 2.05. The van der Waals surface area contributed by atoms with Crippen LogP contribution in [-0.4, -0.2) is 31.2 Å². The first-order valence-electron chi connectivity index (χ1n) is 6.79. The van der Waals surface area contributed by atoms with E-state index in [1.165, 1.54) is 0 Å². The van der Waals surface area contributed by atoms with Gasteiger partial charge in [-0.15, -0.1) is 0 Å². The maximum absolute atomic E-state index is 11.8. The molecule has 0 radical (unpaired) electrons. The van der Waals surface area contributed by atoms with E-state index < -0.39 is 0 Å². The molecule has 0 aromatic carbocycles. The maximum atomic E-state index is 11.8. The fraction of sp³-hybridized carbons (Fsp3) is 0.333. The molecule has 2 rings (SSSR count). The number of amides is 1. The lowest BCUT2D eigenvalue weighted by Crippen LogP contribution is -2.25. The van der Waals surface area contributed by atoms with Gasteiger partial charge in [-0.25, -0.2) is 4.98 Å². The third-order valence-corrected chi connectivity index (χ3v) is 2.86. The summed E-state index contributed by atoms with van der Waals surface area (Å²) in [6, 6.07) is 7.23. The van der Waals surface area contributed by atoms with Crippen molar-refractivity contribution in [3.63, 3.8) is 0 Å². The number of pyridine rings is 1. The molecule has 0 saturated carbocycles. The van der Waals surface area contributed by atoms with Crippen LogP contribution in [0.4, 0.5) is 5.82 Å². The number of carbonyl (C=O) groups is 1. The molecular formula is C15H19N3O3. The van der Waals surface area contributed by atoms with E-state index in [-0.39, 0.29) is 5.91 Å². The number of ether oxygens (including phenoxy) is 1. The van der Waals surface area contributed by atoms with E-state index in [4.69, 9.17) is 9.15 Å². The van der Waals surface area contributed by atoms with Gasteiger partial charge in [-0.2, -0.15) is 0 Å². The van der Waals surface area contributed by atoms with Crippen LogP contribution in [0.25, 0.3) is 0 Å². The second kappa shape index (κ2) is 8.06. The number of hydrogen-bond acceptors (Lipinski definition) is 5. The van der Waals surface area contributed by atoms with E-state index in [1.807, 2.05) is 12.1 Å². The average Bonchev–Trinajstić information content (AvgIpc) is 3.03. The molecule has 0 fully saturated rings. The number of anilines is 1. The molecule has 6 nitrogen and oxygen atoms in total. The van der Waals surface area contributed by atoms with Gasteiger partial charge in [0.15, 0.2) is 0 Å². The number of aromatic nitrogens is 1. The second-order valence-corrected chi connectivity index (χ2v) is 4.47. The Morgan fingerprint density at radius 3 is 2.95 bits per heavy atom. The molecule has 2 aromatic rings. The Morgan fingerprint density at radius 1 is 1.38 bits per heavy atom. The number of carbonyl (C=O) groups excluding carboxylic acids is 1. The van der Waals surface area contributed by atoms with Crippen molar-refractivity contribution in [2.75, 3.05) is 25.6 Å². The van der Waals surface area contributed by atoms with Gasteiger partial charge in [0, 0.05) is 26.5 Å². The van der Waals surface area contributed by atoms with Crippen LogP contribution in [0.1, 0.15) is 22.5 Å². The zero-order chi connectivity index (χ0) is 14.9. The van der Waals surface area contributed by atoms with Crippen molar-refractivity contribution < 1.29 is 13.9 Å². The highest BCUT2D eigenvalue weighted by atomic mass is 16.5. The first-order chi connectivity index (χ1) is 10.3. The van der Waals surface area contributed by atoms with Crippen molar-refractivity contribution in [3.8, 4) is 0 Å². The third kappa shape index (κ3) is 4.92. The molecule has 112 valence electrons. The normalized spacial score (nSPS) is 10.3. The monoisotopic (exact) mass is 289 g/mol. The Labute approximate surface area is 123 Å². The molecule has 0 aliphatic rings. The maximum Gasteiger partial charge on any atom is 0.252 e. The van der Waals surface area contributed by atoms with Crippen molar-refractivity contribution in [2.45, 2.75) is 13.0 Å². The molecule has 0 spiro atoms. The first kappa shape index (κ1) is 15.1. The molecule has 2 heterocycles. The van der Waals surface area contributed by atoms with E-state index in [2.05, 4.69) is 15.6 Å². The summed E-state index contributed by atoms with van der Waals surface area (Å²) in [6.45, 7) is 1.78. The van der Waals surface area contributed by atoms with Crippen molar-refractivity contribution in [3.05, 3.63) is 48.0 Å². The lowest BCUT2D eigenvalue weighted by molar-refractivity contribution is 0.0948. The van der Waals surface area contributed by atoms with Gasteiger partial charge in [0.05, 0.1) is 18.4 Å². The highest BCUT2D eigenvalue weighted by Crippen LogP contribution is 2.08. The molecule has 0 saturated heterocycles. The highest BCUT2D eigenvalue weighted by Gasteiger charge is 2.05. The summed E-state index contributed by atoms with van der Waals surface area (Å²) in [6.07, 6.45) is 3.97. The van der Waals surface area contributed by atoms with Gasteiger partial charge >= 0.3 is 0 Å². The quantitative estimate of drug-likeness (QED) is 0.727. The van der Waals surface area contributed by atoms with E-state index >= 15 is 0 Å². The van der Waals surface area contributed by atoms with Crippen LogP contribution in [0.3, 0.4) is 0 Å². The third-order valence-electron chi connectivity index (χ3n) is 2.86. The molecule has 2 aromatic heterocycles. The van der Waals surface area contributed by atoms with Crippen LogP contribution in [-0.2, 0) is 11.3 Å². The van der Waals surface area contributed by atoms with Gasteiger partial charge in [0.1, 0.15) is 11.6 Å². The Hall–Kier alpha value is -2.34. The van der Waals surface area contributed by atoms with Crippen LogP contribution in [0.15, 0.2) is 41.1 Å².